The van der Waals surface area contributed by atoms with Gasteiger partial charge >= 0.3 is 0 Å². The van der Waals surface area contributed by atoms with E-state index in [0.29, 0.717) is 11.3 Å². The van der Waals surface area contributed by atoms with Gasteiger partial charge in [0.05, 0.1) is 0 Å². The number of carbonyl (C=O) groups is 1. The number of aryl methyl sites for hydroxylation is 1. The van der Waals surface area contributed by atoms with Crippen molar-refractivity contribution in [3.63, 3.8) is 0 Å². The largest absolute Gasteiger partial charge is 0.505 e. The zero-order chi connectivity index (χ0) is 14.8. The molecule has 4 nitrogen and oxygen atoms in total. The van der Waals surface area contributed by atoms with Crippen molar-refractivity contribution >= 4 is 17.3 Å². The molecule has 0 aromatic heterocycles. The van der Waals surface area contributed by atoms with Crippen molar-refractivity contribution in [3.8, 4) is 5.75 Å². The third-order valence-electron chi connectivity index (χ3n) is 3.51. The van der Waals surface area contributed by atoms with Gasteiger partial charge in [-0.25, -0.2) is 4.39 Å². The molecule has 21 heavy (non-hydrogen) atoms. The molecule has 2 aromatic rings. The number of hydrogen-bond donors (Lipinski definition) is 3. The van der Waals surface area contributed by atoms with Gasteiger partial charge in [-0.15, -0.1) is 0 Å². The number of carbonyl (C=O) groups excluding carboxylic acids is 1. The minimum absolute atomic E-state index is 0.298. The standard InChI is InChI=1S/C16H15FN2O2/c17-13-9-12(4-6-15(13)20)19-16(21)11-3-5-14-10(8-11)2-1-7-18-14/h3-6,8-9,18,20H,1-2,7H2,(H,19,21). The molecule has 0 saturated heterocycles. The predicted molar refractivity (Wildman–Crippen MR) is 79.3 cm³/mol. The average molecular weight is 286 g/mol. The maximum Gasteiger partial charge on any atom is 0.255 e. The highest BCUT2D eigenvalue weighted by atomic mass is 19.1. The summed E-state index contributed by atoms with van der Waals surface area (Å²) in [6, 6.07) is 9.24. The topological polar surface area (TPSA) is 61.4 Å². The van der Waals surface area contributed by atoms with Crippen LogP contribution >= 0.6 is 0 Å². The average Bonchev–Trinajstić information content (AvgIpc) is 2.50. The molecular formula is C16H15FN2O2. The Hall–Kier alpha value is -2.56. The fourth-order valence-corrected chi connectivity index (χ4v) is 2.40. The number of halogens is 1. The van der Waals surface area contributed by atoms with E-state index in [1.165, 1.54) is 12.1 Å². The Morgan fingerprint density at radius 1 is 1.24 bits per heavy atom. The van der Waals surface area contributed by atoms with E-state index in [1.807, 2.05) is 12.1 Å². The molecular weight excluding hydrogens is 271 g/mol. The first-order chi connectivity index (χ1) is 10.1. The van der Waals surface area contributed by atoms with Crippen LogP contribution in [0.1, 0.15) is 22.3 Å². The zero-order valence-corrected chi connectivity index (χ0v) is 11.3. The first kappa shape index (κ1) is 13.4. The second-order valence-corrected chi connectivity index (χ2v) is 5.02. The highest BCUT2D eigenvalue weighted by Gasteiger charge is 2.13. The molecule has 108 valence electrons. The summed E-state index contributed by atoms with van der Waals surface area (Å²) >= 11 is 0. The van der Waals surface area contributed by atoms with Gasteiger partial charge in [-0.3, -0.25) is 4.79 Å². The summed E-state index contributed by atoms with van der Waals surface area (Å²) in [4.78, 5) is 12.2. The number of hydrogen-bond acceptors (Lipinski definition) is 3. The van der Waals surface area contributed by atoms with E-state index in [-0.39, 0.29) is 5.91 Å². The van der Waals surface area contributed by atoms with Crippen LogP contribution in [0, 0.1) is 5.82 Å². The number of rotatable bonds is 2. The van der Waals surface area contributed by atoms with Crippen LogP contribution in [0.5, 0.6) is 5.75 Å². The lowest BCUT2D eigenvalue weighted by molar-refractivity contribution is 0.102. The molecule has 0 spiro atoms. The van der Waals surface area contributed by atoms with Crippen LogP contribution in [0.3, 0.4) is 0 Å². The first-order valence-corrected chi connectivity index (χ1v) is 6.80. The van der Waals surface area contributed by atoms with Gasteiger partial charge in [-0.2, -0.15) is 0 Å². The van der Waals surface area contributed by atoms with E-state index in [0.717, 1.165) is 36.7 Å². The Morgan fingerprint density at radius 3 is 2.90 bits per heavy atom. The van der Waals surface area contributed by atoms with Crippen molar-refractivity contribution in [2.45, 2.75) is 12.8 Å². The third kappa shape index (κ3) is 2.81. The van der Waals surface area contributed by atoms with Crippen molar-refractivity contribution in [2.24, 2.45) is 0 Å². The number of amides is 1. The van der Waals surface area contributed by atoms with E-state index in [4.69, 9.17) is 5.11 Å². The number of nitrogens with one attached hydrogen (secondary N) is 2. The Bertz CT molecular complexity index is 701. The summed E-state index contributed by atoms with van der Waals surface area (Å²) in [7, 11) is 0. The number of phenolic OH excluding ortho intramolecular Hbond substituents is 1. The third-order valence-corrected chi connectivity index (χ3v) is 3.51. The minimum Gasteiger partial charge on any atom is -0.505 e. The lowest BCUT2D eigenvalue weighted by Crippen LogP contribution is -2.15. The molecule has 1 aliphatic heterocycles. The Balaban J connectivity index is 1.80. The van der Waals surface area contributed by atoms with Crippen molar-refractivity contribution in [1.29, 1.82) is 0 Å². The normalized spacial score (nSPS) is 13.2. The molecule has 0 unspecified atom stereocenters. The van der Waals surface area contributed by atoms with Crippen molar-refractivity contribution in [3.05, 3.63) is 53.3 Å². The molecule has 3 rings (SSSR count). The molecule has 1 amide bonds. The van der Waals surface area contributed by atoms with Gasteiger partial charge in [0.2, 0.25) is 0 Å². The summed E-state index contributed by atoms with van der Waals surface area (Å²) < 4.78 is 13.2. The predicted octanol–water partition coefficient (Wildman–Crippen LogP) is 3.14. The van der Waals surface area contributed by atoms with E-state index in [2.05, 4.69) is 10.6 Å². The smallest absolute Gasteiger partial charge is 0.255 e. The first-order valence-electron chi connectivity index (χ1n) is 6.80. The molecule has 1 heterocycles. The lowest BCUT2D eigenvalue weighted by atomic mass is 10.0. The molecule has 0 aliphatic carbocycles. The quantitative estimate of drug-likeness (QED) is 0.743. The molecule has 1 aliphatic rings. The fourth-order valence-electron chi connectivity index (χ4n) is 2.40. The number of benzene rings is 2. The highest BCUT2D eigenvalue weighted by Crippen LogP contribution is 2.24. The van der Waals surface area contributed by atoms with E-state index < -0.39 is 11.6 Å². The maximum absolute atomic E-state index is 13.2. The van der Waals surface area contributed by atoms with E-state index in [9.17, 15) is 9.18 Å². The van der Waals surface area contributed by atoms with E-state index in [1.54, 1.807) is 6.07 Å². The number of fused-ring (bicyclic) bond motifs is 1. The minimum atomic E-state index is -0.762. The maximum atomic E-state index is 13.2. The summed E-state index contributed by atoms with van der Waals surface area (Å²) in [6.45, 7) is 0.950. The van der Waals surface area contributed by atoms with Gasteiger partial charge < -0.3 is 15.7 Å². The van der Waals surface area contributed by atoms with Crippen LogP contribution < -0.4 is 10.6 Å². The fraction of sp³-hybridized carbons (Fsp3) is 0.188. The van der Waals surface area contributed by atoms with Crippen LogP contribution in [-0.4, -0.2) is 17.6 Å². The van der Waals surface area contributed by atoms with Gasteiger partial charge in [0.15, 0.2) is 11.6 Å². The molecule has 0 fully saturated rings. The van der Waals surface area contributed by atoms with Crippen molar-refractivity contribution in [2.75, 3.05) is 17.2 Å². The number of phenols is 1. The monoisotopic (exact) mass is 286 g/mol. The van der Waals surface area contributed by atoms with E-state index >= 15 is 0 Å². The zero-order valence-electron chi connectivity index (χ0n) is 11.3. The Labute approximate surface area is 121 Å². The van der Waals surface area contributed by atoms with Crippen LogP contribution in [0.2, 0.25) is 0 Å². The lowest BCUT2D eigenvalue weighted by Gasteiger charge is -2.18. The van der Waals surface area contributed by atoms with Gasteiger partial charge in [0.25, 0.3) is 5.91 Å². The van der Waals surface area contributed by atoms with Crippen LogP contribution in [-0.2, 0) is 6.42 Å². The highest BCUT2D eigenvalue weighted by molar-refractivity contribution is 6.04. The molecule has 0 atom stereocenters. The number of anilines is 2. The molecule has 0 bridgehead atoms. The van der Waals surface area contributed by atoms with Gasteiger partial charge in [-0.1, -0.05) is 0 Å². The Kier molecular flexibility index (Phi) is 3.48. The van der Waals surface area contributed by atoms with Crippen molar-refractivity contribution in [1.82, 2.24) is 0 Å². The second kappa shape index (κ2) is 5.44. The SMILES string of the molecule is O=C(Nc1ccc(O)c(F)c1)c1ccc2c(c1)CCCN2. The molecule has 0 saturated carbocycles. The second-order valence-electron chi connectivity index (χ2n) is 5.02. The summed E-state index contributed by atoms with van der Waals surface area (Å²) in [6.07, 6.45) is 1.98. The number of aromatic hydroxyl groups is 1. The van der Waals surface area contributed by atoms with Gasteiger partial charge in [0, 0.05) is 29.5 Å². The molecule has 2 aromatic carbocycles. The van der Waals surface area contributed by atoms with Gasteiger partial charge in [-0.05, 0) is 48.7 Å². The summed E-state index contributed by atoms with van der Waals surface area (Å²) in [5.74, 6) is -1.50. The van der Waals surface area contributed by atoms with Crippen molar-refractivity contribution < 1.29 is 14.3 Å². The molecule has 0 radical (unpaired) electrons. The Morgan fingerprint density at radius 2 is 2.10 bits per heavy atom. The van der Waals surface area contributed by atoms with Gasteiger partial charge in [0.1, 0.15) is 0 Å². The summed E-state index contributed by atoms with van der Waals surface area (Å²) in [5.41, 5.74) is 3.02. The van der Waals surface area contributed by atoms with Crippen LogP contribution in [0.25, 0.3) is 0 Å². The van der Waals surface area contributed by atoms with Crippen LogP contribution in [0.4, 0.5) is 15.8 Å². The summed E-state index contributed by atoms with van der Waals surface area (Å²) in [5, 5.41) is 15.0. The molecule has 3 N–H and O–H groups in total. The molecule has 5 heteroatoms. The van der Waals surface area contributed by atoms with Crippen LogP contribution in [0.15, 0.2) is 36.4 Å².